The number of aliphatic hydroxyl groups excluding tert-OH is 4. The van der Waals surface area contributed by atoms with Gasteiger partial charge in [0.2, 0.25) is 22.7 Å². The molecule has 0 spiro atoms. The molecule has 1 rings (SSSR count). The Hall–Kier alpha value is -1.70. The van der Waals surface area contributed by atoms with Gasteiger partial charge >= 0.3 is 5.97 Å². The van der Waals surface area contributed by atoms with Crippen molar-refractivity contribution in [2.45, 2.75) is 61.6 Å². The summed E-state index contributed by atoms with van der Waals surface area (Å²) < 4.78 is 16.3. The van der Waals surface area contributed by atoms with E-state index in [0.29, 0.717) is 43.5 Å². The number of carboxylic acid groups (broad SMARTS) is 1. The van der Waals surface area contributed by atoms with Gasteiger partial charge in [0.15, 0.2) is 0 Å². The molecule has 1 saturated heterocycles. The molecule has 3 amide bonds. The van der Waals surface area contributed by atoms with Crippen LogP contribution in [0.1, 0.15) is 26.2 Å². The summed E-state index contributed by atoms with van der Waals surface area (Å²) in [6, 6.07) is -1.28. The maximum Gasteiger partial charge on any atom is 0.346 e. The zero-order valence-electron chi connectivity index (χ0n) is 22.3. The van der Waals surface area contributed by atoms with Crippen LogP contribution in [0.25, 0.3) is 0 Å². The van der Waals surface area contributed by atoms with Gasteiger partial charge in [0.1, 0.15) is 18.3 Å². The molecule has 15 nitrogen and oxygen atoms in total. The fourth-order valence-electron chi connectivity index (χ4n) is 3.69. The lowest BCUT2D eigenvalue weighted by Gasteiger charge is -2.46. The molecule has 0 aromatic carbocycles. The average Bonchev–Trinajstić information content (AvgIpc) is 2.91. The molecule has 1 aliphatic heterocycles. The Morgan fingerprint density at radius 3 is 2.20 bits per heavy atom. The highest BCUT2D eigenvalue weighted by Gasteiger charge is 2.55. The number of thiol groups is 1. The van der Waals surface area contributed by atoms with Crippen molar-refractivity contribution in [2.24, 2.45) is 0 Å². The second kappa shape index (κ2) is 19.4. The van der Waals surface area contributed by atoms with Crippen LogP contribution in [-0.2, 0) is 33.4 Å². The zero-order valence-corrected chi connectivity index (χ0v) is 24.0. The third kappa shape index (κ3) is 12.9. The molecule has 8 N–H and O–H groups in total. The molecule has 1 fully saturated rings. The molecular weight excluding hydrogens is 574 g/mol. The Bertz CT molecular complexity index is 811. The predicted octanol–water partition coefficient (Wildman–Crippen LogP) is -3.16. The van der Waals surface area contributed by atoms with Crippen molar-refractivity contribution in [3.05, 3.63) is 0 Å². The standard InChI is InChI=1S/C23H41N3O12S2/c1-14(28)26-19-15(29)11-23(22(34)35,38-21(19)20(33)16(30)12-27)40-13-18(32)25-5-7-37-9-8-36-6-4-24-17(31)3-2-10-39/h15-16,19-21,27,29-30,33,39H,2-13H2,1H3,(H,24,31)(H,25,32)(H,26,28)(H,34,35)/t15?,16-,19?,20-,21?,23?/m1/s1. The fourth-order valence-corrected chi connectivity index (χ4v) is 4.90. The molecule has 4 unspecified atom stereocenters. The van der Waals surface area contributed by atoms with Gasteiger partial charge in [-0.3, -0.25) is 14.4 Å². The molecule has 0 aromatic rings. The third-order valence-corrected chi connectivity index (χ3v) is 7.32. The molecule has 0 aromatic heterocycles. The Morgan fingerprint density at radius 2 is 1.68 bits per heavy atom. The van der Waals surface area contributed by atoms with Crippen molar-refractivity contribution in [1.82, 2.24) is 16.0 Å². The topological polar surface area (TPSA) is 233 Å². The Balaban J connectivity index is 2.46. The van der Waals surface area contributed by atoms with E-state index in [-0.39, 0.29) is 32.3 Å². The number of hydrogen-bond donors (Lipinski definition) is 9. The second-order valence-corrected chi connectivity index (χ2v) is 10.6. The van der Waals surface area contributed by atoms with Crippen LogP contribution in [0.3, 0.4) is 0 Å². The minimum Gasteiger partial charge on any atom is -0.478 e. The number of carboxylic acids is 1. The van der Waals surface area contributed by atoms with Crippen molar-refractivity contribution in [2.75, 3.05) is 57.6 Å². The first-order chi connectivity index (χ1) is 19.0. The summed E-state index contributed by atoms with van der Waals surface area (Å²) in [7, 11) is 0. The number of carbonyl (C=O) groups excluding carboxylic acids is 3. The highest BCUT2D eigenvalue weighted by Crippen LogP contribution is 2.40. The normalized spacial score (nSPS) is 24.1. The molecule has 40 heavy (non-hydrogen) atoms. The van der Waals surface area contributed by atoms with Crippen LogP contribution in [-0.4, -0.2) is 142 Å². The summed E-state index contributed by atoms with van der Waals surface area (Å²) in [5.74, 6) is -2.49. The summed E-state index contributed by atoms with van der Waals surface area (Å²) in [4.78, 5) is 45.3. The monoisotopic (exact) mass is 615 g/mol. The van der Waals surface area contributed by atoms with Crippen molar-refractivity contribution in [3.63, 3.8) is 0 Å². The van der Waals surface area contributed by atoms with E-state index >= 15 is 0 Å². The summed E-state index contributed by atoms with van der Waals surface area (Å²) in [6.45, 7) is 1.79. The zero-order chi connectivity index (χ0) is 30.1. The number of nitrogens with one attached hydrogen (secondary N) is 3. The van der Waals surface area contributed by atoms with Crippen LogP contribution in [0.5, 0.6) is 0 Å². The number of aliphatic hydroxyl groups is 4. The largest absolute Gasteiger partial charge is 0.478 e. The second-order valence-electron chi connectivity index (χ2n) is 8.92. The van der Waals surface area contributed by atoms with Crippen molar-refractivity contribution < 1.29 is 58.9 Å². The number of thioether (sulfide) groups is 1. The molecule has 0 bridgehead atoms. The van der Waals surface area contributed by atoms with Crippen LogP contribution < -0.4 is 16.0 Å². The van der Waals surface area contributed by atoms with E-state index in [9.17, 15) is 44.7 Å². The highest BCUT2D eigenvalue weighted by molar-refractivity contribution is 8.01. The molecule has 0 aliphatic carbocycles. The predicted molar refractivity (Wildman–Crippen MR) is 146 cm³/mol. The van der Waals surface area contributed by atoms with Crippen LogP contribution in [0.4, 0.5) is 0 Å². The van der Waals surface area contributed by atoms with E-state index < -0.39 is 72.0 Å². The number of ether oxygens (including phenoxy) is 3. The molecule has 17 heteroatoms. The lowest BCUT2D eigenvalue weighted by molar-refractivity contribution is -0.205. The van der Waals surface area contributed by atoms with Crippen molar-refractivity contribution in [3.8, 4) is 0 Å². The van der Waals surface area contributed by atoms with Crippen LogP contribution in [0.2, 0.25) is 0 Å². The summed E-state index contributed by atoms with van der Waals surface area (Å²) in [5.41, 5.74) is 0. The van der Waals surface area contributed by atoms with Crippen LogP contribution >= 0.6 is 24.4 Å². The SMILES string of the molecule is CC(=O)NC1C(O)CC(SCC(=O)NCCOCCOCCNC(=O)CCCS)(C(=O)O)OC1[C@H](O)[C@H](O)CO. The summed E-state index contributed by atoms with van der Waals surface area (Å²) >= 11 is 4.60. The number of aliphatic carboxylic acids is 1. The number of amides is 3. The van der Waals surface area contributed by atoms with Gasteiger partial charge in [0, 0.05) is 32.9 Å². The number of hydrogen-bond acceptors (Lipinski definition) is 13. The van der Waals surface area contributed by atoms with Crippen LogP contribution in [0.15, 0.2) is 0 Å². The van der Waals surface area contributed by atoms with Crippen LogP contribution in [0, 0.1) is 0 Å². The van der Waals surface area contributed by atoms with E-state index in [0.717, 1.165) is 6.92 Å². The van der Waals surface area contributed by atoms with E-state index in [1.54, 1.807) is 0 Å². The minimum absolute atomic E-state index is 0.0598. The summed E-state index contributed by atoms with van der Waals surface area (Å²) in [5, 5.41) is 57.6. The molecule has 0 saturated carbocycles. The van der Waals surface area contributed by atoms with E-state index in [1.807, 2.05) is 0 Å². The lowest BCUT2D eigenvalue weighted by Crippen LogP contribution is -2.66. The minimum atomic E-state index is -2.19. The third-order valence-electron chi connectivity index (χ3n) is 5.69. The Labute approximate surface area is 242 Å². The maximum atomic E-state index is 12.3. The molecule has 1 heterocycles. The van der Waals surface area contributed by atoms with Gasteiger partial charge in [-0.25, -0.2) is 4.79 Å². The average molecular weight is 616 g/mol. The quantitative estimate of drug-likeness (QED) is 0.0487. The number of rotatable bonds is 20. The smallest absolute Gasteiger partial charge is 0.346 e. The molecule has 6 atom stereocenters. The first-order valence-corrected chi connectivity index (χ1v) is 14.4. The van der Waals surface area contributed by atoms with Gasteiger partial charge in [-0.2, -0.15) is 12.6 Å². The Kier molecular flexibility index (Phi) is 17.6. The molecule has 1 aliphatic rings. The van der Waals surface area contributed by atoms with Crippen molar-refractivity contribution >= 4 is 48.1 Å². The number of carbonyl (C=O) groups is 4. The fraction of sp³-hybridized carbons (Fsp3) is 0.826. The van der Waals surface area contributed by atoms with E-state index in [4.69, 9.17) is 14.2 Å². The van der Waals surface area contributed by atoms with Gasteiger partial charge in [0.05, 0.1) is 50.9 Å². The van der Waals surface area contributed by atoms with Crippen molar-refractivity contribution in [1.29, 1.82) is 0 Å². The van der Waals surface area contributed by atoms with Gasteiger partial charge in [-0.1, -0.05) is 0 Å². The lowest BCUT2D eigenvalue weighted by atomic mass is 9.90. The highest BCUT2D eigenvalue weighted by atomic mass is 32.2. The van der Waals surface area contributed by atoms with Gasteiger partial charge in [0.25, 0.3) is 0 Å². The first kappa shape index (κ1) is 36.3. The molecular formula is C23H41N3O12S2. The Morgan fingerprint density at radius 1 is 1.07 bits per heavy atom. The maximum absolute atomic E-state index is 12.3. The van der Waals surface area contributed by atoms with Gasteiger partial charge < -0.3 is 55.7 Å². The summed E-state index contributed by atoms with van der Waals surface area (Å²) in [6.07, 6.45) is -6.13. The van der Waals surface area contributed by atoms with E-state index in [2.05, 4.69) is 28.6 Å². The molecule has 0 radical (unpaired) electrons. The first-order valence-electron chi connectivity index (χ1n) is 12.7. The van der Waals surface area contributed by atoms with Gasteiger partial charge in [-0.15, -0.1) is 11.8 Å². The molecule has 232 valence electrons. The van der Waals surface area contributed by atoms with E-state index in [1.165, 1.54) is 0 Å². The van der Waals surface area contributed by atoms with Gasteiger partial charge in [-0.05, 0) is 12.2 Å².